The zero-order valence-corrected chi connectivity index (χ0v) is 18.0. The predicted molar refractivity (Wildman–Crippen MR) is 118 cm³/mol. The first-order valence-corrected chi connectivity index (χ1v) is 11.5. The number of hydrogen-bond acceptors (Lipinski definition) is 5. The van der Waals surface area contributed by atoms with Crippen LogP contribution in [0.1, 0.15) is 45.0 Å². The minimum absolute atomic E-state index is 0.339. The zero-order valence-electron chi connectivity index (χ0n) is 16.4. The Morgan fingerprint density at radius 3 is 2.43 bits per heavy atom. The Labute approximate surface area is 174 Å². The van der Waals surface area contributed by atoms with E-state index in [1.54, 1.807) is 19.1 Å². The minimum atomic E-state index is -0.878. The van der Waals surface area contributed by atoms with Gasteiger partial charge in [0.1, 0.15) is 0 Å². The number of carbonyl (C=O) groups is 2. The average molecular weight is 416 g/mol. The molecule has 1 aliphatic heterocycles. The Bertz CT molecular complexity index is 845. The molecule has 1 saturated heterocycles. The maximum Gasteiger partial charge on any atom is 0.338 e. The fraction of sp³-hybridized carbons (Fsp3) is 0.364. The first-order valence-electron chi connectivity index (χ1n) is 9.36. The second kappa shape index (κ2) is 9.52. The van der Waals surface area contributed by atoms with E-state index in [-0.39, 0.29) is 5.91 Å². The molecule has 0 aromatic heterocycles. The minimum Gasteiger partial charge on any atom is -0.449 e. The summed E-state index contributed by atoms with van der Waals surface area (Å²) in [5.41, 5.74) is 4.43. The van der Waals surface area contributed by atoms with Gasteiger partial charge in [0, 0.05) is 5.69 Å². The van der Waals surface area contributed by atoms with E-state index >= 15 is 0 Å². The number of ether oxygens (including phenoxy) is 1. The third-order valence-electron chi connectivity index (χ3n) is 4.55. The number of anilines is 1. The van der Waals surface area contributed by atoms with Crippen LogP contribution < -0.4 is 5.32 Å². The van der Waals surface area contributed by atoms with E-state index in [2.05, 4.69) is 5.32 Å². The molecule has 6 heteroatoms. The fourth-order valence-corrected chi connectivity index (χ4v) is 5.74. The number of rotatable bonds is 5. The highest BCUT2D eigenvalue weighted by molar-refractivity contribution is 8.16. The van der Waals surface area contributed by atoms with Crippen LogP contribution in [0.15, 0.2) is 42.5 Å². The van der Waals surface area contributed by atoms with Crippen LogP contribution in [0, 0.1) is 13.8 Å². The van der Waals surface area contributed by atoms with Crippen LogP contribution in [-0.2, 0) is 9.53 Å². The van der Waals surface area contributed by atoms with Crippen LogP contribution in [0.2, 0.25) is 0 Å². The smallest absolute Gasteiger partial charge is 0.338 e. The second-order valence-corrected chi connectivity index (χ2v) is 9.63. The van der Waals surface area contributed by atoms with Crippen LogP contribution in [-0.4, -0.2) is 29.5 Å². The Kier molecular flexibility index (Phi) is 7.08. The van der Waals surface area contributed by atoms with Gasteiger partial charge in [-0.15, -0.1) is 23.5 Å². The third kappa shape index (κ3) is 5.32. The van der Waals surface area contributed by atoms with Gasteiger partial charge in [0.2, 0.25) is 0 Å². The molecule has 0 aliphatic carbocycles. The SMILES string of the molecule is Cc1ccc(C)c(NC(=O)[C@H](C)OC(=O)c2ccc(C3SCCCS3)cc2)c1. The van der Waals surface area contributed by atoms with Gasteiger partial charge in [-0.2, -0.15) is 0 Å². The standard InChI is InChI=1S/C22H25NO3S2/c1-14-5-6-15(2)19(13-14)23-20(24)16(3)26-21(25)17-7-9-18(10-8-17)22-27-11-4-12-28-22/h5-10,13,16,22H,4,11-12H2,1-3H3,(H,23,24)/t16-/m0/s1. The summed E-state index contributed by atoms with van der Waals surface area (Å²) in [4.78, 5) is 24.8. The molecule has 1 heterocycles. The fourth-order valence-electron chi connectivity index (χ4n) is 2.84. The van der Waals surface area contributed by atoms with Crippen LogP contribution in [0.5, 0.6) is 0 Å². The van der Waals surface area contributed by atoms with Crippen molar-refractivity contribution in [1.82, 2.24) is 0 Å². The van der Waals surface area contributed by atoms with Crippen molar-refractivity contribution in [2.75, 3.05) is 16.8 Å². The molecule has 1 aliphatic rings. The van der Waals surface area contributed by atoms with Crippen molar-refractivity contribution >= 4 is 41.1 Å². The molecule has 1 amide bonds. The molecule has 1 fully saturated rings. The van der Waals surface area contributed by atoms with Crippen LogP contribution in [0.4, 0.5) is 5.69 Å². The maximum atomic E-state index is 12.4. The van der Waals surface area contributed by atoms with E-state index in [9.17, 15) is 9.59 Å². The molecule has 28 heavy (non-hydrogen) atoms. The highest BCUT2D eigenvalue weighted by atomic mass is 32.2. The lowest BCUT2D eigenvalue weighted by Gasteiger charge is -2.21. The van der Waals surface area contributed by atoms with Gasteiger partial charge in [-0.25, -0.2) is 4.79 Å². The van der Waals surface area contributed by atoms with Crippen LogP contribution in [0.25, 0.3) is 0 Å². The number of carbonyl (C=O) groups excluding carboxylic acids is 2. The molecule has 3 rings (SSSR count). The van der Waals surface area contributed by atoms with Gasteiger partial charge in [-0.1, -0.05) is 24.3 Å². The Hall–Kier alpha value is -1.92. The summed E-state index contributed by atoms with van der Waals surface area (Å²) in [6.07, 6.45) is 0.370. The number of amides is 1. The summed E-state index contributed by atoms with van der Waals surface area (Å²) in [5.74, 6) is 1.52. The number of aryl methyl sites for hydroxylation is 2. The highest BCUT2D eigenvalue weighted by Crippen LogP contribution is 2.43. The molecule has 4 nitrogen and oxygen atoms in total. The van der Waals surface area contributed by atoms with Crippen molar-refractivity contribution < 1.29 is 14.3 Å². The molecule has 2 aromatic carbocycles. The first kappa shape index (κ1) is 20.8. The Balaban J connectivity index is 1.58. The molecular formula is C22H25NO3S2. The lowest BCUT2D eigenvalue weighted by molar-refractivity contribution is -0.123. The molecule has 0 radical (unpaired) electrons. The zero-order chi connectivity index (χ0) is 20.1. The molecule has 148 valence electrons. The van der Waals surface area contributed by atoms with E-state index in [1.165, 1.54) is 23.5 Å². The number of nitrogens with one attached hydrogen (secondary N) is 1. The van der Waals surface area contributed by atoms with Gasteiger partial charge >= 0.3 is 5.97 Å². The molecule has 1 N–H and O–H groups in total. The van der Waals surface area contributed by atoms with E-state index < -0.39 is 12.1 Å². The molecule has 2 aromatic rings. The summed E-state index contributed by atoms with van der Waals surface area (Å²) in [5, 5.41) is 2.84. The molecule has 1 atom stereocenters. The van der Waals surface area contributed by atoms with Crippen molar-refractivity contribution in [2.45, 2.75) is 37.9 Å². The van der Waals surface area contributed by atoms with Crippen LogP contribution in [0.3, 0.4) is 0 Å². The summed E-state index contributed by atoms with van der Waals surface area (Å²) in [6, 6.07) is 13.4. The van der Waals surface area contributed by atoms with Gasteiger partial charge in [-0.3, -0.25) is 4.79 Å². The first-order chi connectivity index (χ1) is 13.4. The van der Waals surface area contributed by atoms with E-state index in [0.29, 0.717) is 10.1 Å². The summed E-state index contributed by atoms with van der Waals surface area (Å²) in [7, 11) is 0. The van der Waals surface area contributed by atoms with Gasteiger partial charge in [0.05, 0.1) is 10.1 Å². The van der Waals surface area contributed by atoms with Crippen molar-refractivity contribution in [3.05, 3.63) is 64.7 Å². The number of benzene rings is 2. The van der Waals surface area contributed by atoms with Crippen molar-refractivity contribution in [2.24, 2.45) is 0 Å². The van der Waals surface area contributed by atoms with E-state index in [0.717, 1.165) is 16.8 Å². The maximum absolute atomic E-state index is 12.4. The second-order valence-electron chi connectivity index (χ2n) is 6.90. The number of hydrogen-bond donors (Lipinski definition) is 1. The molecule has 0 bridgehead atoms. The van der Waals surface area contributed by atoms with Crippen molar-refractivity contribution in [1.29, 1.82) is 0 Å². The Morgan fingerprint density at radius 2 is 1.75 bits per heavy atom. The lowest BCUT2D eigenvalue weighted by atomic mass is 10.1. The summed E-state index contributed by atoms with van der Waals surface area (Å²) < 4.78 is 5.80. The number of thioether (sulfide) groups is 2. The molecular weight excluding hydrogens is 390 g/mol. The normalized spacial score (nSPS) is 15.7. The van der Waals surface area contributed by atoms with Crippen molar-refractivity contribution in [3.63, 3.8) is 0 Å². The highest BCUT2D eigenvalue weighted by Gasteiger charge is 2.21. The van der Waals surface area contributed by atoms with E-state index in [4.69, 9.17) is 4.74 Å². The lowest BCUT2D eigenvalue weighted by Crippen LogP contribution is -2.30. The van der Waals surface area contributed by atoms with Gasteiger partial charge < -0.3 is 10.1 Å². The molecule has 0 unspecified atom stereocenters. The topological polar surface area (TPSA) is 55.4 Å². The van der Waals surface area contributed by atoms with Gasteiger partial charge in [-0.05, 0) is 73.6 Å². The average Bonchev–Trinajstić information content (AvgIpc) is 2.71. The van der Waals surface area contributed by atoms with Gasteiger partial charge in [0.15, 0.2) is 6.10 Å². The third-order valence-corrected chi connectivity index (χ3v) is 7.56. The molecule has 0 spiro atoms. The molecule has 0 saturated carbocycles. The summed E-state index contributed by atoms with van der Waals surface area (Å²) in [6.45, 7) is 5.48. The number of esters is 1. The quantitative estimate of drug-likeness (QED) is 0.667. The van der Waals surface area contributed by atoms with Crippen LogP contribution >= 0.6 is 23.5 Å². The Morgan fingerprint density at radius 1 is 1.07 bits per heavy atom. The summed E-state index contributed by atoms with van der Waals surface area (Å²) >= 11 is 3.88. The largest absolute Gasteiger partial charge is 0.449 e. The predicted octanol–water partition coefficient (Wildman–Crippen LogP) is 5.36. The monoisotopic (exact) mass is 415 g/mol. The van der Waals surface area contributed by atoms with Gasteiger partial charge in [0.25, 0.3) is 5.91 Å². The van der Waals surface area contributed by atoms with E-state index in [1.807, 2.05) is 67.7 Å². The van der Waals surface area contributed by atoms with Crippen molar-refractivity contribution in [3.8, 4) is 0 Å².